The lowest BCUT2D eigenvalue weighted by atomic mass is 10.3. The summed E-state index contributed by atoms with van der Waals surface area (Å²) in [6, 6.07) is 0. The first-order valence-corrected chi connectivity index (χ1v) is 3.44. The number of ether oxygens (including phenoxy) is 1. The van der Waals surface area contributed by atoms with Gasteiger partial charge in [0.1, 0.15) is 0 Å². The standard InChI is InChI=1S/C6H12ClNO/c1-8(7)6(3-4-6)5-9-2/h3-5H2,1-2H3. The number of halogens is 1. The maximum atomic E-state index is 5.76. The third-order valence-corrected chi connectivity index (χ3v) is 2.25. The van der Waals surface area contributed by atoms with E-state index in [1.165, 1.54) is 12.8 Å². The van der Waals surface area contributed by atoms with E-state index in [-0.39, 0.29) is 5.54 Å². The third-order valence-electron chi connectivity index (χ3n) is 1.89. The lowest BCUT2D eigenvalue weighted by molar-refractivity contribution is 0.131. The minimum atomic E-state index is 0.177. The van der Waals surface area contributed by atoms with Crippen molar-refractivity contribution < 1.29 is 4.74 Å². The largest absolute Gasteiger partial charge is 0.383 e. The Morgan fingerprint density at radius 2 is 2.22 bits per heavy atom. The Labute approximate surface area is 60.8 Å². The SMILES string of the molecule is COCC1(N(C)Cl)CC1. The highest BCUT2D eigenvalue weighted by atomic mass is 35.5. The molecule has 9 heavy (non-hydrogen) atoms. The van der Waals surface area contributed by atoms with Gasteiger partial charge in [-0.1, -0.05) is 0 Å². The van der Waals surface area contributed by atoms with E-state index in [9.17, 15) is 0 Å². The third kappa shape index (κ3) is 1.37. The molecule has 0 aromatic heterocycles. The summed E-state index contributed by atoms with van der Waals surface area (Å²) in [7, 11) is 3.59. The van der Waals surface area contributed by atoms with E-state index in [2.05, 4.69) is 0 Å². The summed E-state index contributed by atoms with van der Waals surface area (Å²) in [5.41, 5.74) is 0.177. The minimum Gasteiger partial charge on any atom is -0.383 e. The second-order valence-corrected chi connectivity index (χ2v) is 3.14. The van der Waals surface area contributed by atoms with Gasteiger partial charge >= 0.3 is 0 Å². The van der Waals surface area contributed by atoms with Gasteiger partial charge in [0.25, 0.3) is 0 Å². The van der Waals surface area contributed by atoms with Crippen LogP contribution in [-0.4, -0.2) is 30.7 Å². The van der Waals surface area contributed by atoms with Crippen LogP contribution in [0.2, 0.25) is 0 Å². The molecule has 0 N–H and O–H groups in total. The zero-order valence-electron chi connectivity index (χ0n) is 5.85. The molecule has 3 heteroatoms. The summed E-state index contributed by atoms with van der Waals surface area (Å²) < 4.78 is 6.74. The molecule has 0 spiro atoms. The molecule has 54 valence electrons. The Bertz CT molecular complexity index is 101. The zero-order valence-corrected chi connectivity index (χ0v) is 6.61. The Balaban J connectivity index is 2.33. The highest BCUT2D eigenvalue weighted by Crippen LogP contribution is 2.41. The average molecular weight is 150 g/mol. The molecule has 0 atom stereocenters. The first-order chi connectivity index (χ1) is 4.21. The molecule has 0 aliphatic heterocycles. The van der Waals surface area contributed by atoms with Crippen molar-refractivity contribution in [2.24, 2.45) is 0 Å². The van der Waals surface area contributed by atoms with Gasteiger partial charge in [-0.25, -0.2) is 4.42 Å². The maximum Gasteiger partial charge on any atom is 0.0659 e. The van der Waals surface area contributed by atoms with Crippen LogP contribution in [0.5, 0.6) is 0 Å². The molecule has 0 aromatic carbocycles. The number of methoxy groups -OCH3 is 1. The van der Waals surface area contributed by atoms with E-state index in [1.54, 1.807) is 11.5 Å². The fraction of sp³-hybridized carbons (Fsp3) is 1.00. The second kappa shape index (κ2) is 2.45. The first-order valence-electron chi connectivity index (χ1n) is 3.10. The van der Waals surface area contributed by atoms with Gasteiger partial charge in [-0.05, 0) is 24.6 Å². The summed E-state index contributed by atoms with van der Waals surface area (Å²) in [5.74, 6) is 0. The summed E-state index contributed by atoms with van der Waals surface area (Å²) in [4.78, 5) is 0. The van der Waals surface area contributed by atoms with Crippen molar-refractivity contribution in [1.29, 1.82) is 0 Å². The van der Waals surface area contributed by atoms with Crippen LogP contribution in [0.3, 0.4) is 0 Å². The predicted octanol–water partition coefficient (Wildman–Crippen LogP) is 1.25. The van der Waals surface area contributed by atoms with Crippen LogP contribution in [0, 0.1) is 0 Å². The minimum absolute atomic E-state index is 0.177. The molecule has 0 aromatic rings. The quantitative estimate of drug-likeness (QED) is 0.560. The van der Waals surface area contributed by atoms with Gasteiger partial charge in [0.05, 0.1) is 12.1 Å². The molecule has 0 saturated heterocycles. The van der Waals surface area contributed by atoms with E-state index in [4.69, 9.17) is 16.5 Å². The molecule has 0 radical (unpaired) electrons. The van der Waals surface area contributed by atoms with Gasteiger partial charge < -0.3 is 4.74 Å². The van der Waals surface area contributed by atoms with Crippen molar-refractivity contribution in [2.75, 3.05) is 20.8 Å². The normalized spacial score (nSPS) is 22.7. The Kier molecular flexibility index (Phi) is 1.99. The molecule has 1 fully saturated rings. The van der Waals surface area contributed by atoms with Crippen molar-refractivity contribution >= 4 is 11.8 Å². The van der Waals surface area contributed by atoms with E-state index in [1.807, 2.05) is 7.05 Å². The highest BCUT2D eigenvalue weighted by Gasteiger charge is 2.46. The number of likely N-dealkylation sites (N-methyl/N-ethyl adjacent to an activating group) is 1. The number of hydrogen-bond donors (Lipinski definition) is 0. The van der Waals surface area contributed by atoms with Crippen LogP contribution in [0.15, 0.2) is 0 Å². The van der Waals surface area contributed by atoms with Gasteiger partial charge in [-0.15, -0.1) is 0 Å². The first kappa shape index (κ1) is 7.32. The molecule has 0 amide bonds. The van der Waals surface area contributed by atoms with Crippen molar-refractivity contribution in [1.82, 2.24) is 4.42 Å². The van der Waals surface area contributed by atoms with Gasteiger partial charge in [0.2, 0.25) is 0 Å². The lowest BCUT2D eigenvalue weighted by Crippen LogP contribution is -2.30. The van der Waals surface area contributed by atoms with Crippen LogP contribution in [0.25, 0.3) is 0 Å². The number of nitrogens with zero attached hydrogens (tertiary/aromatic N) is 1. The summed E-state index contributed by atoms with van der Waals surface area (Å²) in [6.45, 7) is 0.757. The molecule has 0 unspecified atom stereocenters. The zero-order chi connectivity index (χ0) is 6.91. The molecule has 1 rings (SSSR count). The van der Waals surface area contributed by atoms with Crippen molar-refractivity contribution in [3.8, 4) is 0 Å². The molecule has 1 aliphatic carbocycles. The van der Waals surface area contributed by atoms with Gasteiger partial charge in [-0.3, -0.25) is 0 Å². The fourth-order valence-electron chi connectivity index (χ4n) is 0.954. The summed E-state index contributed by atoms with van der Waals surface area (Å²) in [6.07, 6.45) is 2.34. The summed E-state index contributed by atoms with van der Waals surface area (Å²) >= 11 is 5.76. The van der Waals surface area contributed by atoms with Gasteiger partial charge in [0.15, 0.2) is 0 Å². The number of hydrogen-bond acceptors (Lipinski definition) is 2. The molecular weight excluding hydrogens is 138 g/mol. The molecule has 1 aliphatic rings. The molecule has 0 heterocycles. The van der Waals surface area contributed by atoms with E-state index in [0.717, 1.165) is 6.61 Å². The predicted molar refractivity (Wildman–Crippen MR) is 37.5 cm³/mol. The van der Waals surface area contributed by atoms with Gasteiger partial charge in [0, 0.05) is 14.2 Å². The van der Waals surface area contributed by atoms with Crippen molar-refractivity contribution in [3.63, 3.8) is 0 Å². The Morgan fingerprint density at radius 1 is 1.67 bits per heavy atom. The molecule has 1 saturated carbocycles. The van der Waals surface area contributed by atoms with Crippen LogP contribution < -0.4 is 0 Å². The molecular formula is C6H12ClNO. The van der Waals surface area contributed by atoms with E-state index < -0.39 is 0 Å². The fourth-order valence-corrected chi connectivity index (χ4v) is 1.17. The number of rotatable bonds is 3. The maximum absolute atomic E-state index is 5.76. The average Bonchev–Trinajstić information content (AvgIpc) is 2.49. The molecule has 2 nitrogen and oxygen atoms in total. The van der Waals surface area contributed by atoms with Gasteiger partial charge in [-0.2, -0.15) is 0 Å². The lowest BCUT2D eigenvalue weighted by Gasteiger charge is -2.18. The second-order valence-electron chi connectivity index (χ2n) is 2.63. The van der Waals surface area contributed by atoms with Crippen molar-refractivity contribution in [2.45, 2.75) is 18.4 Å². The highest BCUT2D eigenvalue weighted by molar-refractivity contribution is 6.13. The smallest absolute Gasteiger partial charge is 0.0659 e. The van der Waals surface area contributed by atoms with E-state index >= 15 is 0 Å². The summed E-state index contributed by atoms with van der Waals surface area (Å²) in [5, 5.41) is 0. The van der Waals surface area contributed by atoms with E-state index in [0.29, 0.717) is 0 Å². The van der Waals surface area contributed by atoms with Crippen LogP contribution in [-0.2, 0) is 4.74 Å². The van der Waals surface area contributed by atoms with Crippen LogP contribution in [0.1, 0.15) is 12.8 Å². The van der Waals surface area contributed by atoms with Crippen molar-refractivity contribution in [3.05, 3.63) is 0 Å². The Hall–Kier alpha value is 0.210. The monoisotopic (exact) mass is 149 g/mol. The topological polar surface area (TPSA) is 12.5 Å². The molecule has 0 bridgehead atoms. The Morgan fingerprint density at radius 3 is 2.33 bits per heavy atom. The van der Waals surface area contributed by atoms with Crippen LogP contribution >= 0.6 is 11.8 Å². The van der Waals surface area contributed by atoms with Crippen LogP contribution in [0.4, 0.5) is 0 Å².